The van der Waals surface area contributed by atoms with Crippen molar-refractivity contribution in [2.45, 2.75) is 31.3 Å². The maximum absolute atomic E-state index is 12.8. The Morgan fingerprint density at radius 2 is 1.92 bits per heavy atom. The van der Waals surface area contributed by atoms with E-state index in [0.29, 0.717) is 17.9 Å². The first-order valence-electron chi connectivity index (χ1n) is 8.30. The molecular weight excluding hydrogens is 344 g/mol. The van der Waals surface area contributed by atoms with Crippen molar-refractivity contribution in [1.29, 1.82) is 0 Å². The number of nitrogens with zero attached hydrogens (tertiary/aromatic N) is 1. The Morgan fingerprint density at radius 1 is 1.28 bits per heavy atom. The Kier molecular flexibility index (Phi) is 4.60. The van der Waals surface area contributed by atoms with Gasteiger partial charge in [0.05, 0.1) is 18.9 Å². The molecule has 2 saturated heterocycles. The molecule has 0 radical (unpaired) electrons. The van der Waals surface area contributed by atoms with Gasteiger partial charge in [0.2, 0.25) is 11.8 Å². The van der Waals surface area contributed by atoms with Crippen LogP contribution in [0, 0.1) is 11.8 Å². The van der Waals surface area contributed by atoms with E-state index < -0.39 is 29.4 Å². The number of benzene rings is 1. The molecule has 3 rings (SSSR count). The van der Waals surface area contributed by atoms with Crippen molar-refractivity contribution in [2.24, 2.45) is 11.8 Å². The van der Waals surface area contributed by atoms with Gasteiger partial charge in [0.25, 0.3) is 0 Å². The van der Waals surface area contributed by atoms with Crippen LogP contribution in [0.1, 0.15) is 31.4 Å². The highest BCUT2D eigenvalue weighted by atomic mass is 35.5. The second-order valence-electron chi connectivity index (χ2n) is 6.63. The van der Waals surface area contributed by atoms with Crippen LogP contribution in [-0.2, 0) is 19.1 Å². The molecule has 2 heterocycles. The van der Waals surface area contributed by atoms with E-state index in [-0.39, 0.29) is 11.8 Å². The summed E-state index contributed by atoms with van der Waals surface area (Å²) in [5, 5.41) is 3.87. The van der Waals surface area contributed by atoms with Gasteiger partial charge in [-0.25, -0.2) is 0 Å². The number of imide groups is 1. The summed E-state index contributed by atoms with van der Waals surface area (Å²) >= 11 is 5.96. The van der Waals surface area contributed by atoms with Crippen LogP contribution in [0.3, 0.4) is 0 Å². The molecule has 0 spiro atoms. The Balaban J connectivity index is 2.13. The Bertz CT molecular complexity index is 720. The van der Waals surface area contributed by atoms with Crippen LogP contribution in [-0.4, -0.2) is 42.4 Å². The van der Waals surface area contributed by atoms with Crippen molar-refractivity contribution in [3.05, 3.63) is 34.9 Å². The second kappa shape index (κ2) is 6.42. The number of likely N-dealkylation sites (tertiary alicyclic amines) is 1. The molecule has 4 atom stereocenters. The van der Waals surface area contributed by atoms with E-state index in [1.54, 1.807) is 12.1 Å². The van der Waals surface area contributed by atoms with Crippen molar-refractivity contribution >= 4 is 29.4 Å². The van der Waals surface area contributed by atoms with Gasteiger partial charge in [-0.3, -0.25) is 24.6 Å². The number of hydrogen-bond donors (Lipinski definition) is 1. The monoisotopic (exact) mass is 364 g/mol. The molecule has 1 aromatic rings. The zero-order valence-corrected chi connectivity index (χ0v) is 15.2. The Labute approximate surface area is 151 Å². The molecule has 0 bridgehead atoms. The van der Waals surface area contributed by atoms with Crippen molar-refractivity contribution < 1.29 is 19.1 Å². The minimum absolute atomic E-state index is 0.274. The topological polar surface area (TPSA) is 75.7 Å². The number of esters is 1. The van der Waals surface area contributed by atoms with Crippen LogP contribution in [0.15, 0.2) is 24.3 Å². The van der Waals surface area contributed by atoms with E-state index in [2.05, 4.69) is 5.32 Å². The van der Waals surface area contributed by atoms with Gasteiger partial charge in [-0.05, 0) is 24.1 Å². The summed E-state index contributed by atoms with van der Waals surface area (Å²) in [7, 11) is 2.77. The summed E-state index contributed by atoms with van der Waals surface area (Å²) in [4.78, 5) is 39.3. The van der Waals surface area contributed by atoms with E-state index in [1.807, 2.05) is 19.1 Å². The first-order chi connectivity index (χ1) is 11.9. The molecule has 2 aliphatic rings. The third kappa shape index (κ3) is 2.55. The smallest absolute Gasteiger partial charge is 0.326 e. The van der Waals surface area contributed by atoms with Gasteiger partial charge in [0.1, 0.15) is 5.54 Å². The molecule has 2 aliphatic heterocycles. The van der Waals surface area contributed by atoms with Gasteiger partial charge < -0.3 is 4.74 Å². The highest BCUT2D eigenvalue weighted by Crippen LogP contribution is 2.50. The van der Waals surface area contributed by atoms with Crippen molar-refractivity contribution in [3.8, 4) is 0 Å². The van der Waals surface area contributed by atoms with E-state index in [1.165, 1.54) is 14.2 Å². The molecule has 0 aromatic heterocycles. The minimum Gasteiger partial charge on any atom is -0.468 e. The summed E-state index contributed by atoms with van der Waals surface area (Å²) in [6.07, 6.45) is 1.08. The van der Waals surface area contributed by atoms with Crippen molar-refractivity contribution in [3.63, 3.8) is 0 Å². The quantitative estimate of drug-likeness (QED) is 0.652. The fourth-order valence-electron chi connectivity index (χ4n) is 4.20. The standard InChI is InChI=1S/C18H21ClN2O4/c1-4-9-18(17(24)25-3)13-12(15(22)21(2)16(13)23)14(20-18)10-5-7-11(19)8-6-10/h5-8,12-14,20H,4,9H2,1-3H3/t12-,13+,14-,18+/m0/s1. The maximum Gasteiger partial charge on any atom is 0.326 e. The largest absolute Gasteiger partial charge is 0.468 e. The second-order valence-corrected chi connectivity index (χ2v) is 7.06. The molecule has 25 heavy (non-hydrogen) atoms. The van der Waals surface area contributed by atoms with Crippen LogP contribution in [0.5, 0.6) is 0 Å². The lowest BCUT2D eigenvalue weighted by atomic mass is 9.77. The Hall–Kier alpha value is -1.92. The van der Waals surface area contributed by atoms with Crippen molar-refractivity contribution in [1.82, 2.24) is 10.2 Å². The number of amides is 2. The van der Waals surface area contributed by atoms with Gasteiger partial charge in [-0.2, -0.15) is 0 Å². The summed E-state index contributed by atoms with van der Waals surface area (Å²) < 4.78 is 5.02. The molecule has 0 saturated carbocycles. The predicted molar refractivity (Wildman–Crippen MR) is 91.7 cm³/mol. The number of nitrogens with one attached hydrogen (secondary N) is 1. The molecule has 1 aromatic carbocycles. The zero-order chi connectivity index (χ0) is 18.4. The highest BCUT2D eigenvalue weighted by molar-refractivity contribution is 6.30. The normalized spacial score (nSPS) is 31.4. The van der Waals surface area contributed by atoms with E-state index in [0.717, 1.165) is 10.5 Å². The summed E-state index contributed by atoms with van der Waals surface area (Å²) in [6, 6.07) is 6.64. The number of fused-ring (bicyclic) bond motifs is 1. The molecular formula is C18H21ClN2O4. The number of carbonyl (C=O) groups is 3. The average Bonchev–Trinajstić information content (AvgIpc) is 3.06. The fraction of sp³-hybridized carbons (Fsp3) is 0.500. The summed E-state index contributed by atoms with van der Waals surface area (Å²) in [5.41, 5.74) is -0.381. The number of halogens is 1. The number of methoxy groups -OCH3 is 1. The van der Waals surface area contributed by atoms with Gasteiger partial charge in [0, 0.05) is 18.1 Å². The molecule has 2 amide bonds. The highest BCUT2D eigenvalue weighted by Gasteiger charge is 2.67. The molecule has 2 fully saturated rings. The van der Waals surface area contributed by atoms with E-state index >= 15 is 0 Å². The lowest BCUT2D eigenvalue weighted by Crippen LogP contribution is -2.56. The van der Waals surface area contributed by atoms with E-state index in [9.17, 15) is 14.4 Å². The van der Waals surface area contributed by atoms with E-state index in [4.69, 9.17) is 16.3 Å². The van der Waals surface area contributed by atoms with Gasteiger partial charge in [0.15, 0.2) is 0 Å². The minimum atomic E-state index is -1.20. The number of ether oxygens (including phenoxy) is 1. The number of hydrogen-bond acceptors (Lipinski definition) is 5. The molecule has 0 aliphatic carbocycles. The summed E-state index contributed by atoms with van der Waals surface area (Å²) in [6.45, 7) is 1.93. The first kappa shape index (κ1) is 17.9. The molecule has 1 N–H and O–H groups in total. The number of carbonyl (C=O) groups excluding carboxylic acids is 3. The van der Waals surface area contributed by atoms with Gasteiger partial charge >= 0.3 is 5.97 Å². The third-order valence-corrected chi connectivity index (χ3v) is 5.55. The average molecular weight is 365 g/mol. The predicted octanol–water partition coefficient (Wildman–Crippen LogP) is 1.93. The molecule has 0 unspecified atom stereocenters. The lowest BCUT2D eigenvalue weighted by molar-refractivity contribution is -0.154. The van der Waals surface area contributed by atoms with Crippen LogP contribution < -0.4 is 5.32 Å². The third-order valence-electron chi connectivity index (χ3n) is 5.30. The lowest BCUT2D eigenvalue weighted by Gasteiger charge is -2.31. The fourth-order valence-corrected chi connectivity index (χ4v) is 4.33. The van der Waals surface area contributed by atoms with Crippen LogP contribution in [0.2, 0.25) is 5.02 Å². The van der Waals surface area contributed by atoms with Crippen LogP contribution in [0.4, 0.5) is 0 Å². The SMILES string of the molecule is CCC[C@@]1(C(=O)OC)N[C@@H](c2ccc(Cl)cc2)[C@H]2C(=O)N(C)C(=O)[C@@H]21. The first-order valence-corrected chi connectivity index (χ1v) is 8.68. The van der Waals surface area contributed by atoms with Gasteiger partial charge in [-0.1, -0.05) is 37.1 Å². The molecule has 134 valence electrons. The van der Waals surface area contributed by atoms with Crippen LogP contribution in [0.25, 0.3) is 0 Å². The van der Waals surface area contributed by atoms with Crippen molar-refractivity contribution in [2.75, 3.05) is 14.2 Å². The molecule has 7 heteroatoms. The van der Waals surface area contributed by atoms with Crippen LogP contribution >= 0.6 is 11.6 Å². The summed E-state index contributed by atoms with van der Waals surface area (Å²) in [5.74, 6) is -2.51. The van der Waals surface area contributed by atoms with Gasteiger partial charge in [-0.15, -0.1) is 0 Å². The Morgan fingerprint density at radius 3 is 2.48 bits per heavy atom. The maximum atomic E-state index is 12.8. The number of rotatable bonds is 4. The zero-order valence-electron chi connectivity index (χ0n) is 14.4. The molecule has 6 nitrogen and oxygen atoms in total.